The van der Waals surface area contributed by atoms with E-state index in [1.165, 1.54) is 35.1 Å². The van der Waals surface area contributed by atoms with Crippen molar-refractivity contribution in [3.8, 4) is 11.1 Å². The molecular weight excluding hydrogens is 458 g/mol. The van der Waals surface area contributed by atoms with Crippen LogP contribution in [0.4, 0.5) is 22.4 Å². The van der Waals surface area contributed by atoms with E-state index in [9.17, 15) is 31.9 Å². The molecule has 0 spiro atoms. The zero-order valence-corrected chi connectivity index (χ0v) is 17.5. The maximum Gasteiger partial charge on any atom is 0.416 e. The van der Waals surface area contributed by atoms with Crippen molar-refractivity contribution in [2.45, 2.75) is 11.7 Å². The van der Waals surface area contributed by atoms with Gasteiger partial charge in [-0.05, 0) is 41.5 Å². The third kappa shape index (κ3) is 4.09. The standard InChI is InChI=1S/C22H17F4N5O3/c1-31-17(8-9-28-31)21(19(33)29-20(34)30-21)11-27-18(32)16-10-14(23)6-7-15(16)12-2-4-13(5-3-12)22(24,25)26/h2-10H,11H2,1H3,(H,27,32)(H2,29,30,33,34)/t21-/m1/s1. The first-order valence-electron chi connectivity index (χ1n) is 9.89. The normalized spacial score (nSPS) is 17.9. The zero-order valence-electron chi connectivity index (χ0n) is 17.5. The summed E-state index contributed by atoms with van der Waals surface area (Å²) in [5.74, 6) is -2.26. The number of aryl methyl sites for hydroxylation is 1. The van der Waals surface area contributed by atoms with Gasteiger partial charge in [0, 0.05) is 13.2 Å². The Morgan fingerprint density at radius 1 is 1.12 bits per heavy atom. The molecule has 4 amide bonds. The second-order valence-corrected chi connectivity index (χ2v) is 7.60. The van der Waals surface area contributed by atoms with Gasteiger partial charge in [-0.15, -0.1) is 0 Å². The number of alkyl halides is 3. The van der Waals surface area contributed by atoms with Crippen LogP contribution in [0.2, 0.25) is 0 Å². The predicted octanol–water partition coefficient (Wildman–Crippen LogP) is 2.71. The second-order valence-electron chi connectivity index (χ2n) is 7.60. The van der Waals surface area contributed by atoms with Crippen molar-refractivity contribution in [3.05, 3.63) is 77.4 Å². The van der Waals surface area contributed by atoms with E-state index in [-0.39, 0.29) is 16.7 Å². The lowest BCUT2D eigenvalue weighted by Crippen LogP contribution is -2.53. The van der Waals surface area contributed by atoms with E-state index in [0.717, 1.165) is 24.3 Å². The van der Waals surface area contributed by atoms with Crippen LogP contribution in [0, 0.1) is 5.82 Å². The summed E-state index contributed by atoms with van der Waals surface area (Å²) in [7, 11) is 1.55. The summed E-state index contributed by atoms with van der Waals surface area (Å²) in [6.07, 6.45) is -3.13. The molecule has 1 aromatic heterocycles. The van der Waals surface area contributed by atoms with Crippen LogP contribution in [-0.4, -0.2) is 34.2 Å². The van der Waals surface area contributed by atoms with Crippen LogP contribution in [-0.2, 0) is 23.6 Å². The molecule has 1 aliphatic rings. The van der Waals surface area contributed by atoms with Crippen molar-refractivity contribution in [1.82, 2.24) is 25.7 Å². The number of urea groups is 1. The predicted molar refractivity (Wildman–Crippen MR) is 111 cm³/mol. The summed E-state index contributed by atoms with van der Waals surface area (Å²) in [6.45, 7) is -0.397. The Morgan fingerprint density at radius 3 is 2.38 bits per heavy atom. The molecule has 2 aromatic carbocycles. The van der Waals surface area contributed by atoms with Crippen LogP contribution < -0.4 is 16.0 Å². The Labute approximate surface area is 189 Å². The minimum atomic E-state index is -4.53. The molecular formula is C22H17F4N5O3. The maximum absolute atomic E-state index is 14.0. The van der Waals surface area contributed by atoms with Crippen LogP contribution in [0.1, 0.15) is 21.6 Å². The highest BCUT2D eigenvalue weighted by Gasteiger charge is 2.50. The minimum Gasteiger partial charge on any atom is -0.349 e. The number of hydrogen-bond acceptors (Lipinski definition) is 4. The van der Waals surface area contributed by atoms with Gasteiger partial charge in [-0.1, -0.05) is 18.2 Å². The number of hydrogen-bond donors (Lipinski definition) is 3. The molecule has 3 aromatic rings. The Hall–Kier alpha value is -4.22. The summed E-state index contributed by atoms with van der Waals surface area (Å²) >= 11 is 0. The molecule has 2 heterocycles. The van der Waals surface area contributed by atoms with Crippen molar-refractivity contribution in [1.29, 1.82) is 0 Å². The molecule has 1 atom stereocenters. The van der Waals surface area contributed by atoms with Gasteiger partial charge in [0.1, 0.15) is 5.82 Å². The molecule has 0 bridgehead atoms. The van der Waals surface area contributed by atoms with Gasteiger partial charge < -0.3 is 10.6 Å². The van der Waals surface area contributed by atoms with Gasteiger partial charge in [0.2, 0.25) is 0 Å². The first-order chi connectivity index (χ1) is 16.0. The largest absolute Gasteiger partial charge is 0.416 e. The Kier molecular flexibility index (Phi) is 5.59. The third-order valence-electron chi connectivity index (χ3n) is 5.46. The number of aromatic nitrogens is 2. The number of imide groups is 1. The van der Waals surface area contributed by atoms with E-state index in [1.54, 1.807) is 7.05 Å². The highest BCUT2D eigenvalue weighted by molar-refractivity contribution is 6.08. The Bertz CT molecular complexity index is 1290. The molecule has 176 valence electrons. The summed E-state index contributed by atoms with van der Waals surface area (Å²) in [4.78, 5) is 37.5. The molecule has 0 aliphatic carbocycles. The van der Waals surface area contributed by atoms with Crippen LogP contribution in [0.3, 0.4) is 0 Å². The van der Waals surface area contributed by atoms with Crippen molar-refractivity contribution in [3.63, 3.8) is 0 Å². The Balaban J connectivity index is 1.65. The first-order valence-corrected chi connectivity index (χ1v) is 9.89. The number of rotatable bonds is 5. The first kappa shape index (κ1) is 23.0. The average molecular weight is 475 g/mol. The number of halogens is 4. The molecule has 3 N–H and O–H groups in total. The molecule has 34 heavy (non-hydrogen) atoms. The number of benzene rings is 2. The van der Waals surface area contributed by atoms with Crippen molar-refractivity contribution < 1.29 is 31.9 Å². The quantitative estimate of drug-likeness (QED) is 0.390. The summed E-state index contributed by atoms with van der Waals surface area (Å²) in [5.41, 5.74) is -1.97. The van der Waals surface area contributed by atoms with Crippen LogP contribution in [0.15, 0.2) is 54.7 Å². The Morgan fingerprint density at radius 2 is 1.82 bits per heavy atom. The van der Waals surface area contributed by atoms with Crippen molar-refractivity contribution in [2.75, 3.05) is 6.54 Å². The number of amides is 4. The third-order valence-corrected chi connectivity index (χ3v) is 5.46. The summed E-state index contributed by atoms with van der Waals surface area (Å²) < 4.78 is 54.0. The lowest BCUT2D eigenvalue weighted by Gasteiger charge is -2.26. The number of carbonyl (C=O) groups excluding carboxylic acids is 3. The van der Waals surface area contributed by atoms with E-state index in [2.05, 4.69) is 21.0 Å². The molecule has 4 rings (SSSR count). The summed E-state index contributed by atoms with van der Waals surface area (Å²) in [6, 6.07) is 8.07. The molecule has 0 radical (unpaired) electrons. The lowest BCUT2D eigenvalue weighted by atomic mass is 9.94. The fraction of sp³-hybridized carbons (Fsp3) is 0.182. The monoisotopic (exact) mass is 475 g/mol. The topological polar surface area (TPSA) is 105 Å². The van der Waals surface area contributed by atoms with Gasteiger partial charge in [0.05, 0.1) is 23.4 Å². The van der Waals surface area contributed by atoms with Gasteiger partial charge in [-0.2, -0.15) is 18.3 Å². The van der Waals surface area contributed by atoms with E-state index >= 15 is 0 Å². The number of nitrogens with zero attached hydrogens (tertiary/aromatic N) is 2. The van der Waals surface area contributed by atoms with Crippen molar-refractivity contribution >= 4 is 17.8 Å². The van der Waals surface area contributed by atoms with Crippen LogP contribution >= 0.6 is 0 Å². The van der Waals surface area contributed by atoms with Gasteiger partial charge >= 0.3 is 12.2 Å². The molecule has 1 aliphatic heterocycles. The molecule has 0 saturated carbocycles. The van der Waals surface area contributed by atoms with Crippen molar-refractivity contribution in [2.24, 2.45) is 7.05 Å². The van der Waals surface area contributed by atoms with E-state index in [0.29, 0.717) is 5.69 Å². The lowest BCUT2D eigenvalue weighted by molar-refractivity contribution is -0.137. The molecule has 1 fully saturated rings. The van der Waals surface area contributed by atoms with Gasteiger partial charge in [0.25, 0.3) is 11.8 Å². The van der Waals surface area contributed by atoms with Crippen LogP contribution in [0.5, 0.6) is 0 Å². The molecule has 0 unspecified atom stereocenters. The number of carbonyl (C=O) groups is 3. The molecule has 12 heteroatoms. The zero-order chi connectivity index (χ0) is 24.7. The molecule has 1 saturated heterocycles. The average Bonchev–Trinajstić information content (AvgIpc) is 3.34. The molecule has 8 nitrogen and oxygen atoms in total. The van der Waals surface area contributed by atoms with Gasteiger partial charge in [0.15, 0.2) is 5.54 Å². The fourth-order valence-electron chi connectivity index (χ4n) is 3.78. The maximum atomic E-state index is 14.0. The SMILES string of the molecule is Cn1nccc1[C@@]1(CNC(=O)c2cc(F)ccc2-c2ccc(C(F)(F)F)cc2)NC(=O)NC1=O. The van der Waals surface area contributed by atoms with E-state index in [1.807, 2.05) is 0 Å². The van der Waals surface area contributed by atoms with E-state index < -0.39 is 47.5 Å². The van der Waals surface area contributed by atoms with Gasteiger partial charge in [-0.3, -0.25) is 19.6 Å². The van der Waals surface area contributed by atoms with E-state index in [4.69, 9.17) is 0 Å². The highest BCUT2D eigenvalue weighted by Crippen LogP contribution is 2.32. The smallest absolute Gasteiger partial charge is 0.349 e. The number of nitrogens with one attached hydrogen (secondary N) is 3. The highest BCUT2D eigenvalue weighted by atomic mass is 19.4. The minimum absolute atomic E-state index is 0.162. The second kappa shape index (κ2) is 8.28. The summed E-state index contributed by atoms with van der Waals surface area (Å²) in [5, 5.41) is 11.1. The van der Waals surface area contributed by atoms with Gasteiger partial charge in [-0.25, -0.2) is 9.18 Å². The fourth-order valence-corrected chi connectivity index (χ4v) is 3.78. The van der Waals surface area contributed by atoms with Crippen LogP contribution in [0.25, 0.3) is 11.1 Å².